The summed E-state index contributed by atoms with van der Waals surface area (Å²) in [7, 11) is 0.993. The summed E-state index contributed by atoms with van der Waals surface area (Å²) in [6, 6.07) is 10.3. The fourth-order valence-corrected chi connectivity index (χ4v) is 1.69. The smallest absolute Gasteiger partial charge is 0.0117 e. The summed E-state index contributed by atoms with van der Waals surface area (Å²) in [5.41, 5.74) is 0. The van der Waals surface area contributed by atoms with Gasteiger partial charge in [-0.05, 0) is 6.42 Å². The second kappa shape index (κ2) is 7.06. The number of rotatable bonds is 6. The molecule has 0 atom stereocenters. The minimum atomic E-state index is 0.879. The van der Waals surface area contributed by atoms with Crippen molar-refractivity contribution in [2.75, 3.05) is 6.61 Å². The predicted molar refractivity (Wildman–Crippen MR) is 58.5 cm³/mol. The molecule has 0 saturated heterocycles. The predicted octanol–water partition coefficient (Wildman–Crippen LogP) is 3.38. The van der Waals surface area contributed by atoms with E-state index in [2.05, 4.69) is 19.1 Å². The van der Waals surface area contributed by atoms with E-state index in [1.165, 1.54) is 24.6 Å². The summed E-state index contributed by atoms with van der Waals surface area (Å²) < 4.78 is 5.49. The first kappa shape index (κ1) is 10.7. The molecule has 0 aliphatic carbocycles. The van der Waals surface area contributed by atoms with Crippen LogP contribution < -0.4 is 5.30 Å². The van der Waals surface area contributed by atoms with E-state index in [1.807, 2.05) is 18.2 Å². The Kier molecular flexibility index (Phi) is 5.80. The van der Waals surface area contributed by atoms with Gasteiger partial charge in [-0.1, -0.05) is 50.1 Å². The number of hydrogen-bond acceptors (Lipinski definition) is 1. The zero-order valence-electron chi connectivity index (χ0n) is 8.07. The van der Waals surface area contributed by atoms with Crippen LogP contribution in [0.15, 0.2) is 30.3 Å². The van der Waals surface area contributed by atoms with Gasteiger partial charge in [-0.3, -0.25) is 0 Å². The molecule has 0 spiro atoms. The van der Waals surface area contributed by atoms with Gasteiger partial charge in [0.2, 0.25) is 0 Å². The van der Waals surface area contributed by atoms with Gasteiger partial charge in [-0.15, -0.1) is 0 Å². The summed E-state index contributed by atoms with van der Waals surface area (Å²) in [5.74, 6) is 0. The lowest BCUT2D eigenvalue weighted by Crippen LogP contribution is -1.94. The molecule has 1 aromatic carbocycles. The second-order valence-corrected chi connectivity index (χ2v) is 3.92. The highest BCUT2D eigenvalue weighted by Crippen LogP contribution is 2.12. The summed E-state index contributed by atoms with van der Waals surface area (Å²) in [4.78, 5) is 0. The summed E-state index contributed by atoms with van der Waals surface area (Å²) in [6.07, 6.45) is 3.70. The van der Waals surface area contributed by atoms with Crippen molar-refractivity contribution in [2.24, 2.45) is 0 Å². The van der Waals surface area contributed by atoms with E-state index >= 15 is 0 Å². The van der Waals surface area contributed by atoms with Crippen molar-refractivity contribution in [1.82, 2.24) is 0 Å². The molecule has 0 bridgehead atoms. The Morgan fingerprint density at radius 1 is 1.15 bits per heavy atom. The van der Waals surface area contributed by atoms with Crippen LogP contribution in [0, 0.1) is 0 Å². The van der Waals surface area contributed by atoms with Crippen LogP contribution in [-0.2, 0) is 4.52 Å². The Morgan fingerprint density at radius 2 is 1.92 bits per heavy atom. The monoisotopic (exact) mass is 195 g/mol. The van der Waals surface area contributed by atoms with Gasteiger partial charge in [0.25, 0.3) is 0 Å². The molecule has 0 heterocycles. The molecule has 0 saturated carbocycles. The third kappa shape index (κ3) is 5.02. The second-order valence-electron chi connectivity index (χ2n) is 2.97. The van der Waals surface area contributed by atoms with Crippen LogP contribution in [0.4, 0.5) is 0 Å². The summed E-state index contributed by atoms with van der Waals surface area (Å²) in [6.45, 7) is 3.08. The van der Waals surface area contributed by atoms with Crippen LogP contribution in [0.3, 0.4) is 0 Å². The van der Waals surface area contributed by atoms with E-state index in [0.29, 0.717) is 0 Å². The van der Waals surface area contributed by atoms with Crippen LogP contribution in [0.1, 0.15) is 26.2 Å². The zero-order chi connectivity index (χ0) is 9.36. The van der Waals surface area contributed by atoms with Crippen molar-refractivity contribution in [3.8, 4) is 0 Å². The third-order valence-electron chi connectivity index (χ3n) is 1.77. The summed E-state index contributed by atoms with van der Waals surface area (Å²) in [5, 5.41) is 1.24. The fraction of sp³-hybridized carbons (Fsp3) is 0.455. The van der Waals surface area contributed by atoms with Crippen molar-refractivity contribution in [1.29, 1.82) is 0 Å². The quantitative estimate of drug-likeness (QED) is 0.499. The molecule has 0 unspecified atom stereocenters. The van der Waals surface area contributed by atoms with Gasteiger partial charge in [0.05, 0.1) is 0 Å². The molecule has 0 radical (unpaired) electrons. The average molecular weight is 195 g/mol. The third-order valence-corrected chi connectivity index (χ3v) is 2.59. The van der Waals surface area contributed by atoms with Gasteiger partial charge in [0.15, 0.2) is 0 Å². The molecule has 0 N–H and O–H groups in total. The number of unbranched alkanes of at least 4 members (excludes halogenated alkanes) is 2. The van der Waals surface area contributed by atoms with Crippen LogP contribution in [0.5, 0.6) is 0 Å². The Balaban J connectivity index is 2.07. The molecule has 1 aromatic rings. The van der Waals surface area contributed by atoms with Crippen molar-refractivity contribution in [3.63, 3.8) is 0 Å². The van der Waals surface area contributed by atoms with E-state index in [9.17, 15) is 0 Å². The van der Waals surface area contributed by atoms with Crippen molar-refractivity contribution in [2.45, 2.75) is 26.2 Å². The topological polar surface area (TPSA) is 9.23 Å². The molecule has 72 valence electrons. The zero-order valence-corrected chi connectivity index (χ0v) is 8.97. The van der Waals surface area contributed by atoms with Gasteiger partial charge in [-0.25, -0.2) is 0 Å². The standard InChI is InChI=1S/C11H16OP/c1-2-3-7-10-12-13-11-8-5-4-6-9-11/h4-6,8-9H,2-3,7,10H2,1H3/q-1. The largest absolute Gasteiger partial charge is 0.553 e. The fourth-order valence-electron chi connectivity index (χ4n) is 1.03. The Bertz CT molecular complexity index is 211. The van der Waals surface area contributed by atoms with Gasteiger partial charge in [0.1, 0.15) is 0 Å². The van der Waals surface area contributed by atoms with Gasteiger partial charge < -0.3 is 13.3 Å². The molecule has 1 rings (SSSR count). The normalized spacial score (nSPS) is 11.2. The lowest BCUT2D eigenvalue weighted by atomic mass is 10.3. The van der Waals surface area contributed by atoms with E-state index < -0.39 is 0 Å². The highest BCUT2D eigenvalue weighted by Gasteiger charge is 1.81. The van der Waals surface area contributed by atoms with Crippen LogP contribution >= 0.6 is 8.81 Å². The van der Waals surface area contributed by atoms with Gasteiger partial charge in [0, 0.05) is 6.61 Å². The lowest BCUT2D eigenvalue weighted by Gasteiger charge is -2.19. The molecule has 1 nitrogen and oxygen atoms in total. The molecule has 0 fully saturated rings. The first-order valence-corrected chi connectivity index (χ1v) is 5.63. The lowest BCUT2D eigenvalue weighted by molar-refractivity contribution is 0.351. The Labute approximate surface area is 82.4 Å². The number of benzene rings is 1. The molecule has 2 heteroatoms. The maximum atomic E-state index is 5.49. The SMILES string of the molecule is CCCCCO[P-]c1ccccc1. The molecule has 0 aromatic heterocycles. The highest BCUT2D eigenvalue weighted by molar-refractivity contribution is 7.41. The summed E-state index contributed by atoms with van der Waals surface area (Å²) >= 11 is 0. The molecule has 13 heavy (non-hydrogen) atoms. The molecule has 0 aliphatic heterocycles. The van der Waals surface area contributed by atoms with E-state index in [1.54, 1.807) is 0 Å². The van der Waals surface area contributed by atoms with E-state index in [0.717, 1.165) is 15.4 Å². The maximum Gasteiger partial charge on any atom is 0.0117 e. The molecular formula is C11H16OP-. The average Bonchev–Trinajstić information content (AvgIpc) is 2.19. The van der Waals surface area contributed by atoms with Gasteiger partial charge in [-0.2, -0.15) is 5.30 Å². The van der Waals surface area contributed by atoms with E-state index in [-0.39, 0.29) is 0 Å². The number of hydrogen-bond donors (Lipinski definition) is 0. The van der Waals surface area contributed by atoms with Crippen molar-refractivity contribution < 1.29 is 4.52 Å². The van der Waals surface area contributed by atoms with Crippen molar-refractivity contribution >= 4 is 14.1 Å². The van der Waals surface area contributed by atoms with Crippen LogP contribution in [0.25, 0.3) is 0 Å². The van der Waals surface area contributed by atoms with Crippen LogP contribution in [0.2, 0.25) is 0 Å². The highest BCUT2D eigenvalue weighted by atomic mass is 31.1. The maximum absolute atomic E-state index is 5.49. The Hall–Kier alpha value is -0.390. The molecule has 0 amide bonds. The Morgan fingerprint density at radius 3 is 2.62 bits per heavy atom. The minimum Gasteiger partial charge on any atom is -0.553 e. The van der Waals surface area contributed by atoms with Crippen LogP contribution in [-0.4, -0.2) is 6.61 Å². The van der Waals surface area contributed by atoms with E-state index in [4.69, 9.17) is 4.52 Å². The first-order valence-electron chi connectivity index (χ1n) is 4.81. The minimum absolute atomic E-state index is 0.879. The van der Waals surface area contributed by atoms with Crippen molar-refractivity contribution in [3.05, 3.63) is 30.3 Å². The van der Waals surface area contributed by atoms with Gasteiger partial charge >= 0.3 is 0 Å². The molecule has 0 aliphatic rings. The molecular weight excluding hydrogens is 179 g/mol. The first-order chi connectivity index (χ1) is 6.43.